The van der Waals surface area contributed by atoms with Gasteiger partial charge in [-0.2, -0.15) is 11.3 Å². The molecule has 3 rings (SSSR count). The first kappa shape index (κ1) is 9.74. The van der Waals surface area contributed by atoms with Gasteiger partial charge < -0.3 is 5.32 Å². The molecule has 0 saturated carbocycles. The largest absolute Gasteiger partial charge is 0.372 e. The molecular formula is C11H9N3S2. The van der Waals surface area contributed by atoms with Crippen molar-refractivity contribution in [2.75, 3.05) is 12.4 Å². The smallest absolute Gasteiger partial charge is 0.163 e. The zero-order valence-corrected chi connectivity index (χ0v) is 10.2. The number of anilines is 1. The maximum absolute atomic E-state index is 4.56. The van der Waals surface area contributed by atoms with Gasteiger partial charge in [-0.1, -0.05) is 0 Å². The third-order valence-corrected chi connectivity index (χ3v) is 3.83. The molecule has 0 aliphatic rings. The molecule has 5 heteroatoms. The van der Waals surface area contributed by atoms with Gasteiger partial charge in [0.25, 0.3) is 0 Å². The fourth-order valence-corrected chi connectivity index (χ4v) is 2.96. The number of aromatic nitrogens is 2. The lowest BCUT2D eigenvalue weighted by Gasteiger charge is -2.03. The number of fused-ring (bicyclic) bond motifs is 1. The van der Waals surface area contributed by atoms with Crippen molar-refractivity contribution in [1.82, 2.24) is 9.97 Å². The maximum atomic E-state index is 4.56. The average molecular weight is 247 g/mol. The maximum Gasteiger partial charge on any atom is 0.163 e. The van der Waals surface area contributed by atoms with Crippen molar-refractivity contribution < 1.29 is 0 Å². The molecule has 0 aliphatic heterocycles. The summed E-state index contributed by atoms with van der Waals surface area (Å²) in [5, 5.41) is 10.3. The van der Waals surface area contributed by atoms with Gasteiger partial charge in [0, 0.05) is 18.0 Å². The van der Waals surface area contributed by atoms with Crippen LogP contribution in [0.25, 0.3) is 21.6 Å². The van der Waals surface area contributed by atoms with Gasteiger partial charge in [0.2, 0.25) is 0 Å². The van der Waals surface area contributed by atoms with E-state index in [2.05, 4.69) is 20.7 Å². The molecule has 3 aromatic heterocycles. The molecular weight excluding hydrogens is 238 g/mol. The van der Waals surface area contributed by atoms with Crippen molar-refractivity contribution in [1.29, 1.82) is 0 Å². The Labute approximate surface area is 101 Å². The van der Waals surface area contributed by atoms with Crippen molar-refractivity contribution in [2.45, 2.75) is 0 Å². The number of nitrogens with one attached hydrogen (secondary N) is 1. The van der Waals surface area contributed by atoms with E-state index in [0.717, 1.165) is 27.4 Å². The number of rotatable bonds is 2. The summed E-state index contributed by atoms with van der Waals surface area (Å²) in [6.45, 7) is 0. The van der Waals surface area contributed by atoms with E-state index in [1.807, 2.05) is 29.9 Å². The van der Waals surface area contributed by atoms with Crippen LogP contribution in [0.15, 0.2) is 28.3 Å². The number of hydrogen-bond donors (Lipinski definition) is 1. The molecule has 0 unspecified atom stereocenters. The average Bonchev–Trinajstić information content (AvgIpc) is 2.97. The fourth-order valence-electron chi connectivity index (χ4n) is 1.57. The molecule has 0 aliphatic carbocycles. The first-order valence-corrected chi connectivity index (χ1v) is 6.66. The van der Waals surface area contributed by atoms with E-state index >= 15 is 0 Å². The van der Waals surface area contributed by atoms with Crippen LogP contribution < -0.4 is 5.32 Å². The zero-order chi connectivity index (χ0) is 11.0. The van der Waals surface area contributed by atoms with Crippen LogP contribution in [0, 0.1) is 0 Å². The van der Waals surface area contributed by atoms with Crippen LogP contribution in [0.2, 0.25) is 0 Å². The van der Waals surface area contributed by atoms with E-state index in [4.69, 9.17) is 0 Å². The predicted molar refractivity (Wildman–Crippen MR) is 70.3 cm³/mol. The summed E-state index contributed by atoms with van der Waals surface area (Å²) in [6.07, 6.45) is 0. The Kier molecular flexibility index (Phi) is 2.34. The molecule has 16 heavy (non-hydrogen) atoms. The van der Waals surface area contributed by atoms with E-state index in [0.29, 0.717) is 0 Å². The molecule has 0 fully saturated rings. The van der Waals surface area contributed by atoms with Crippen LogP contribution in [0.4, 0.5) is 5.82 Å². The summed E-state index contributed by atoms with van der Waals surface area (Å²) in [4.78, 5) is 10.1. The second-order valence-corrected chi connectivity index (χ2v) is 4.97. The van der Waals surface area contributed by atoms with Crippen molar-refractivity contribution in [3.05, 3.63) is 28.3 Å². The van der Waals surface area contributed by atoms with Crippen molar-refractivity contribution in [3.63, 3.8) is 0 Å². The lowest BCUT2D eigenvalue weighted by Crippen LogP contribution is -1.96. The van der Waals surface area contributed by atoms with Crippen LogP contribution in [0.5, 0.6) is 0 Å². The highest BCUT2D eigenvalue weighted by Crippen LogP contribution is 2.28. The topological polar surface area (TPSA) is 37.8 Å². The molecule has 0 aromatic carbocycles. The quantitative estimate of drug-likeness (QED) is 0.753. The molecule has 0 spiro atoms. The van der Waals surface area contributed by atoms with Gasteiger partial charge in [-0.3, -0.25) is 0 Å². The summed E-state index contributed by atoms with van der Waals surface area (Å²) in [6, 6.07) is 4.09. The molecule has 3 heterocycles. The molecule has 0 atom stereocenters. The molecule has 0 radical (unpaired) electrons. The van der Waals surface area contributed by atoms with Crippen LogP contribution in [-0.4, -0.2) is 17.0 Å². The van der Waals surface area contributed by atoms with E-state index < -0.39 is 0 Å². The third kappa shape index (κ3) is 1.48. The van der Waals surface area contributed by atoms with E-state index in [1.54, 1.807) is 22.7 Å². The third-order valence-electron chi connectivity index (χ3n) is 2.34. The van der Waals surface area contributed by atoms with Gasteiger partial charge in [0.15, 0.2) is 5.82 Å². The zero-order valence-electron chi connectivity index (χ0n) is 8.60. The molecule has 0 amide bonds. The normalized spacial score (nSPS) is 10.8. The molecule has 3 aromatic rings. The van der Waals surface area contributed by atoms with Crippen LogP contribution >= 0.6 is 22.7 Å². The summed E-state index contributed by atoms with van der Waals surface area (Å²) < 4.78 is 0. The minimum absolute atomic E-state index is 0.792. The van der Waals surface area contributed by atoms with Crippen LogP contribution in [0.1, 0.15) is 0 Å². The minimum atomic E-state index is 0.792. The Bertz CT molecular complexity index is 613. The lowest BCUT2D eigenvalue weighted by atomic mass is 10.3. The van der Waals surface area contributed by atoms with Gasteiger partial charge in [-0.15, -0.1) is 11.3 Å². The van der Waals surface area contributed by atoms with Crippen molar-refractivity contribution >= 4 is 38.7 Å². The first-order chi connectivity index (χ1) is 7.88. The molecule has 0 saturated heterocycles. The van der Waals surface area contributed by atoms with Gasteiger partial charge >= 0.3 is 0 Å². The van der Waals surface area contributed by atoms with Gasteiger partial charge in [0.05, 0.1) is 5.39 Å². The summed E-state index contributed by atoms with van der Waals surface area (Å²) in [7, 11) is 1.89. The predicted octanol–water partition coefficient (Wildman–Crippen LogP) is 3.46. The number of thiophene rings is 2. The highest BCUT2D eigenvalue weighted by molar-refractivity contribution is 7.16. The highest BCUT2D eigenvalue weighted by Gasteiger charge is 2.09. The summed E-state index contributed by atoms with van der Waals surface area (Å²) in [5.41, 5.74) is 1.08. The Balaban J connectivity index is 2.27. The Morgan fingerprint density at radius 1 is 1.19 bits per heavy atom. The van der Waals surface area contributed by atoms with Gasteiger partial charge in [-0.25, -0.2) is 9.97 Å². The first-order valence-electron chi connectivity index (χ1n) is 4.84. The SMILES string of the molecule is CNc1nc(-c2ccsc2)nc2sccc12. The minimum Gasteiger partial charge on any atom is -0.372 e. The second-order valence-electron chi connectivity index (χ2n) is 3.30. The van der Waals surface area contributed by atoms with Gasteiger partial charge in [0.1, 0.15) is 10.6 Å². The summed E-state index contributed by atoms with van der Waals surface area (Å²) >= 11 is 3.30. The van der Waals surface area contributed by atoms with E-state index in [1.165, 1.54) is 0 Å². The van der Waals surface area contributed by atoms with Gasteiger partial charge in [-0.05, 0) is 22.9 Å². The molecule has 1 N–H and O–H groups in total. The van der Waals surface area contributed by atoms with E-state index in [-0.39, 0.29) is 0 Å². The van der Waals surface area contributed by atoms with Crippen molar-refractivity contribution in [2.24, 2.45) is 0 Å². The number of hydrogen-bond acceptors (Lipinski definition) is 5. The van der Waals surface area contributed by atoms with Crippen molar-refractivity contribution in [3.8, 4) is 11.4 Å². The Morgan fingerprint density at radius 2 is 2.12 bits per heavy atom. The standard InChI is InChI=1S/C11H9N3S2/c1-12-10-8-3-5-16-11(8)14-9(13-10)7-2-4-15-6-7/h2-6H,1H3,(H,12,13,14). The Hall–Kier alpha value is -1.46. The van der Waals surface area contributed by atoms with E-state index in [9.17, 15) is 0 Å². The second kappa shape index (κ2) is 3.84. The lowest BCUT2D eigenvalue weighted by molar-refractivity contribution is 1.23. The molecule has 3 nitrogen and oxygen atoms in total. The van der Waals surface area contributed by atoms with Crippen LogP contribution in [0.3, 0.4) is 0 Å². The number of nitrogens with zero attached hydrogens (tertiary/aromatic N) is 2. The highest BCUT2D eigenvalue weighted by atomic mass is 32.1. The molecule has 0 bridgehead atoms. The monoisotopic (exact) mass is 247 g/mol. The Morgan fingerprint density at radius 3 is 2.88 bits per heavy atom. The molecule has 80 valence electrons. The van der Waals surface area contributed by atoms with Crippen LogP contribution in [-0.2, 0) is 0 Å². The summed E-state index contributed by atoms with van der Waals surface area (Å²) in [5.74, 6) is 1.69. The fraction of sp³-hybridized carbons (Fsp3) is 0.0909.